The number of benzene rings is 1. The number of esters is 1. The highest BCUT2D eigenvalue weighted by molar-refractivity contribution is 6.05. The first-order valence-electron chi connectivity index (χ1n) is 8.95. The molecule has 1 aromatic carbocycles. The topological polar surface area (TPSA) is 94.7 Å². The van der Waals surface area contributed by atoms with Crippen molar-refractivity contribution < 1.29 is 28.6 Å². The summed E-state index contributed by atoms with van der Waals surface area (Å²) in [5.41, 5.74) is 1.98. The van der Waals surface area contributed by atoms with E-state index in [4.69, 9.17) is 14.2 Å². The van der Waals surface area contributed by atoms with Crippen molar-refractivity contribution in [3.05, 3.63) is 46.8 Å². The van der Waals surface area contributed by atoms with Crippen LogP contribution < -0.4 is 9.47 Å². The Morgan fingerprint density at radius 1 is 1.07 bits per heavy atom. The number of ether oxygens (including phenoxy) is 3. The zero-order valence-electron chi connectivity index (χ0n) is 16.8. The predicted octanol–water partition coefficient (Wildman–Crippen LogP) is 3.43. The number of aryl methyl sites for hydroxylation is 1. The van der Waals surface area contributed by atoms with Crippen molar-refractivity contribution in [1.82, 2.24) is 4.98 Å². The third kappa shape index (κ3) is 5.00. The van der Waals surface area contributed by atoms with Gasteiger partial charge in [0.25, 0.3) is 0 Å². The van der Waals surface area contributed by atoms with E-state index in [1.807, 2.05) is 0 Å². The Labute approximate surface area is 164 Å². The molecule has 28 heavy (non-hydrogen) atoms. The Morgan fingerprint density at radius 3 is 2.21 bits per heavy atom. The van der Waals surface area contributed by atoms with Gasteiger partial charge in [0.15, 0.2) is 11.9 Å². The number of hydrogen-bond acceptors (Lipinski definition) is 6. The molecule has 0 aliphatic carbocycles. The van der Waals surface area contributed by atoms with Gasteiger partial charge in [-0.05, 0) is 57.5 Å². The van der Waals surface area contributed by atoms with Gasteiger partial charge in [0.1, 0.15) is 11.5 Å². The van der Waals surface area contributed by atoms with Gasteiger partial charge in [0.2, 0.25) is 5.78 Å². The number of Topliss-reactive ketones (excluding diaryl/α,β-unsaturated/α-hetero) is 2. The minimum atomic E-state index is -0.968. The van der Waals surface area contributed by atoms with Crippen molar-refractivity contribution in [3.63, 3.8) is 0 Å². The van der Waals surface area contributed by atoms with Crippen molar-refractivity contribution in [1.29, 1.82) is 0 Å². The summed E-state index contributed by atoms with van der Waals surface area (Å²) in [5, 5.41) is 0. The lowest BCUT2D eigenvalue weighted by Crippen LogP contribution is -2.26. The molecule has 1 aromatic heterocycles. The number of aromatic amines is 1. The maximum Gasteiger partial charge on any atom is 0.309 e. The lowest BCUT2D eigenvalue weighted by molar-refractivity contribution is -0.146. The molecule has 0 bridgehead atoms. The highest BCUT2D eigenvalue weighted by atomic mass is 16.5. The van der Waals surface area contributed by atoms with Crippen LogP contribution in [0, 0.1) is 13.8 Å². The molecule has 150 valence electrons. The molecule has 0 saturated heterocycles. The zero-order valence-corrected chi connectivity index (χ0v) is 16.8. The highest BCUT2D eigenvalue weighted by Crippen LogP contribution is 2.21. The minimum absolute atomic E-state index is 0.00504. The molecule has 0 radical (unpaired) electrons. The van der Waals surface area contributed by atoms with Gasteiger partial charge in [-0.3, -0.25) is 14.4 Å². The lowest BCUT2D eigenvalue weighted by atomic mass is 10.0. The molecule has 1 atom stereocenters. The van der Waals surface area contributed by atoms with Crippen LogP contribution in [0.15, 0.2) is 24.3 Å². The molecule has 1 N–H and O–H groups in total. The van der Waals surface area contributed by atoms with E-state index in [1.165, 1.54) is 13.8 Å². The average molecular weight is 387 g/mol. The molecule has 2 rings (SSSR count). The van der Waals surface area contributed by atoms with Gasteiger partial charge in [-0.1, -0.05) is 0 Å². The second-order valence-corrected chi connectivity index (χ2v) is 6.45. The first-order valence-corrected chi connectivity index (χ1v) is 8.95. The fourth-order valence-corrected chi connectivity index (χ4v) is 2.96. The number of carbonyl (C=O) groups excluding carboxylic acids is 3. The summed E-state index contributed by atoms with van der Waals surface area (Å²) in [6, 6.07) is 6.98. The Bertz CT molecular complexity index is 866. The van der Waals surface area contributed by atoms with Gasteiger partial charge in [0, 0.05) is 11.3 Å². The van der Waals surface area contributed by atoms with Crippen LogP contribution in [0.2, 0.25) is 0 Å². The summed E-state index contributed by atoms with van der Waals surface area (Å²) in [6.07, 6.45) is -0.963. The number of H-pyrrole nitrogens is 1. The van der Waals surface area contributed by atoms with Crippen LogP contribution in [0.5, 0.6) is 11.5 Å². The minimum Gasteiger partial charge on any atom is -0.497 e. The molecular weight excluding hydrogens is 362 g/mol. The van der Waals surface area contributed by atoms with Crippen LogP contribution in [0.4, 0.5) is 0 Å². The number of ketones is 2. The van der Waals surface area contributed by atoms with Gasteiger partial charge in [-0.15, -0.1) is 0 Å². The third-order valence-electron chi connectivity index (χ3n) is 4.35. The van der Waals surface area contributed by atoms with E-state index in [9.17, 15) is 14.4 Å². The molecule has 0 amide bonds. The van der Waals surface area contributed by atoms with E-state index in [-0.39, 0.29) is 30.3 Å². The summed E-state index contributed by atoms with van der Waals surface area (Å²) in [5.74, 6) is 0.277. The van der Waals surface area contributed by atoms with Crippen molar-refractivity contribution in [3.8, 4) is 11.5 Å². The molecule has 0 saturated carbocycles. The molecule has 7 heteroatoms. The molecule has 0 fully saturated rings. The molecule has 2 aromatic rings. The van der Waals surface area contributed by atoms with Gasteiger partial charge < -0.3 is 19.2 Å². The normalized spacial score (nSPS) is 11.6. The van der Waals surface area contributed by atoms with E-state index < -0.39 is 12.1 Å². The first-order chi connectivity index (χ1) is 13.2. The van der Waals surface area contributed by atoms with E-state index in [0.29, 0.717) is 28.3 Å². The monoisotopic (exact) mass is 387 g/mol. The maximum atomic E-state index is 12.6. The standard InChI is InChI=1S/C21H25NO6/c1-12-19(14(3)23)13(2)22-20(12)21(25)15(4)28-18(24)10-11-27-17-8-6-16(26-5)7-9-17/h6-9,15,22H,10-11H2,1-5H3. The van der Waals surface area contributed by atoms with Crippen molar-refractivity contribution >= 4 is 17.5 Å². The first kappa shape index (κ1) is 21.2. The Morgan fingerprint density at radius 2 is 1.68 bits per heavy atom. The van der Waals surface area contributed by atoms with Gasteiger partial charge in [-0.2, -0.15) is 0 Å². The number of hydrogen-bond donors (Lipinski definition) is 1. The van der Waals surface area contributed by atoms with E-state index in [2.05, 4.69) is 4.98 Å². The summed E-state index contributed by atoms with van der Waals surface area (Å²) in [7, 11) is 1.57. The number of methoxy groups -OCH3 is 1. The van der Waals surface area contributed by atoms with Gasteiger partial charge in [-0.25, -0.2) is 0 Å². The smallest absolute Gasteiger partial charge is 0.309 e. The summed E-state index contributed by atoms with van der Waals surface area (Å²) in [6.45, 7) is 6.51. The second kappa shape index (κ2) is 9.21. The van der Waals surface area contributed by atoms with Crippen LogP contribution in [-0.2, 0) is 9.53 Å². The molecule has 7 nitrogen and oxygen atoms in total. The van der Waals surface area contributed by atoms with Gasteiger partial charge >= 0.3 is 5.97 Å². The van der Waals surface area contributed by atoms with Crippen LogP contribution in [0.25, 0.3) is 0 Å². The number of rotatable bonds is 9. The van der Waals surface area contributed by atoms with Crippen molar-refractivity contribution in [2.24, 2.45) is 0 Å². The SMILES string of the molecule is COc1ccc(OCCC(=O)OC(C)C(=O)c2[nH]c(C)c(C(C)=O)c2C)cc1. The maximum absolute atomic E-state index is 12.6. The summed E-state index contributed by atoms with van der Waals surface area (Å²) >= 11 is 0. The van der Waals surface area contributed by atoms with Crippen LogP contribution in [0.1, 0.15) is 52.4 Å². The molecule has 0 spiro atoms. The summed E-state index contributed by atoms with van der Waals surface area (Å²) in [4.78, 5) is 39.2. The third-order valence-corrected chi connectivity index (χ3v) is 4.35. The van der Waals surface area contributed by atoms with Gasteiger partial charge in [0.05, 0.1) is 25.8 Å². The number of nitrogens with one attached hydrogen (secondary N) is 1. The Balaban J connectivity index is 1.88. The molecule has 1 heterocycles. The molecule has 0 aliphatic heterocycles. The Hall–Kier alpha value is -3.09. The van der Waals surface area contributed by atoms with E-state index in [1.54, 1.807) is 45.2 Å². The predicted molar refractivity (Wildman–Crippen MR) is 103 cm³/mol. The van der Waals surface area contributed by atoms with E-state index >= 15 is 0 Å². The van der Waals surface area contributed by atoms with Crippen LogP contribution in [-0.4, -0.2) is 42.3 Å². The highest BCUT2D eigenvalue weighted by Gasteiger charge is 2.25. The lowest BCUT2D eigenvalue weighted by Gasteiger charge is -2.13. The molecule has 0 aliphatic rings. The Kier molecular flexibility index (Phi) is 6.98. The van der Waals surface area contributed by atoms with Crippen LogP contribution in [0.3, 0.4) is 0 Å². The van der Waals surface area contributed by atoms with Crippen molar-refractivity contribution in [2.45, 2.75) is 40.2 Å². The average Bonchev–Trinajstić information content (AvgIpc) is 2.95. The number of aromatic nitrogens is 1. The second-order valence-electron chi connectivity index (χ2n) is 6.45. The molecular formula is C21H25NO6. The molecule has 1 unspecified atom stereocenters. The zero-order chi connectivity index (χ0) is 20.8. The summed E-state index contributed by atoms with van der Waals surface area (Å²) < 4.78 is 15.8. The fraction of sp³-hybridized carbons (Fsp3) is 0.381. The number of carbonyl (C=O) groups is 3. The van der Waals surface area contributed by atoms with Crippen molar-refractivity contribution in [2.75, 3.05) is 13.7 Å². The van der Waals surface area contributed by atoms with Crippen LogP contribution >= 0.6 is 0 Å². The largest absolute Gasteiger partial charge is 0.497 e. The quantitative estimate of drug-likeness (QED) is 0.523. The fourth-order valence-electron chi connectivity index (χ4n) is 2.96. The van der Waals surface area contributed by atoms with E-state index in [0.717, 1.165) is 0 Å².